The van der Waals surface area contributed by atoms with Gasteiger partial charge in [0.2, 0.25) is 0 Å². The monoisotopic (exact) mass is 266 g/mol. The van der Waals surface area contributed by atoms with Crippen LogP contribution in [-0.2, 0) is 4.79 Å². The maximum absolute atomic E-state index is 10.3. The molecule has 0 aliphatic heterocycles. The molecule has 1 aromatic carbocycles. The lowest BCUT2D eigenvalue weighted by Gasteiger charge is -1.94. The third kappa shape index (κ3) is 6.02. The van der Waals surface area contributed by atoms with Gasteiger partial charge in [-0.2, -0.15) is 0 Å². The van der Waals surface area contributed by atoms with Gasteiger partial charge in [-0.05, 0) is 38.1 Å². The number of benzene rings is 1. The number of rotatable bonds is 3. The number of carbonyl (C=O) groups is 3. The molecule has 0 heterocycles. The van der Waals surface area contributed by atoms with Gasteiger partial charge in [-0.1, -0.05) is 6.08 Å². The van der Waals surface area contributed by atoms with Crippen molar-refractivity contribution in [1.29, 1.82) is 0 Å². The molecule has 0 saturated heterocycles. The molecule has 0 fully saturated rings. The summed E-state index contributed by atoms with van der Waals surface area (Å²) in [6, 6.07) is 5.02. The van der Waals surface area contributed by atoms with Crippen molar-refractivity contribution in [3.63, 3.8) is 0 Å². The van der Waals surface area contributed by atoms with E-state index in [9.17, 15) is 14.4 Å². The highest BCUT2D eigenvalue weighted by molar-refractivity contribution is 5.91. The Hall–Kier alpha value is -2.63. The molecular weight excluding hydrogens is 252 g/mol. The van der Waals surface area contributed by atoms with Crippen LogP contribution in [0.1, 0.15) is 34.6 Å². The van der Waals surface area contributed by atoms with Gasteiger partial charge in [0.05, 0.1) is 11.1 Å². The van der Waals surface area contributed by atoms with Gasteiger partial charge in [-0.15, -0.1) is 0 Å². The smallest absolute Gasteiger partial charge is 0.335 e. The van der Waals surface area contributed by atoms with Gasteiger partial charge in [0.1, 0.15) is 0 Å². The van der Waals surface area contributed by atoms with Gasteiger partial charge < -0.3 is 15.3 Å². The molecule has 3 N–H and O–H groups in total. The number of hydrogen-bond donors (Lipinski definition) is 3. The van der Waals surface area contributed by atoms with Crippen LogP contribution in [0.2, 0.25) is 0 Å². The Morgan fingerprint density at radius 3 is 1.32 bits per heavy atom. The van der Waals surface area contributed by atoms with Crippen LogP contribution >= 0.6 is 0 Å². The molecule has 1 rings (SSSR count). The van der Waals surface area contributed by atoms with E-state index in [4.69, 9.17) is 15.3 Å². The van der Waals surface area contributed by atoms with Crippen LogP contribution in [0.4, 0.5) is 0 Å². The van der Waals surface area contributed by atoms with Crippen LogP contribution < -0.4 is 0 Å². The summed E-state index contributed by atoms with van der Waals surface area (Å²) in [5, 5.41) is 25.0. The van der Waals surface area contributed by atoms with Crippen LogP contribution in [-0.4, -0.2) is 33.2 Å². The van der Waals surface area contributed by atoms with E-state index in [1.54, 1.807) is 19.9 Å². The molecule has 102 valence electrons. The molecule has 0 saturated carbocycles. The number of carboxylic acids is 3. The Bertz CT molecular complexity index is 465. The van der Waals surface area contributed by atoms with E-state index in [-0.39, 0.29) is 11.1 Å². The minimum atomic E-state index is -1.06. The van der Waals surface area contributed by atoms with Crippen molar-refractivity contribution in [2.75, 3.05) is 0 Å². The molecule has 6 heteroatoms. The standard InChI is InChI=1S/C8H6O4.C5H8O2/c9-7(10)5-1-2-6(4-3-5)8(11)12;1-3-4(2)5(6)7/h1-4H,(H,9,10)(H,11,12);3H,1-2H3,(H,6,7). The molecule has 0 radical (unpaired) electrons. The van der Waals surface area contributed by atoms with Crippen molar-refractivity contribution in [3.8, 4) is 0 Å². The van der Waals surface area contributed by atoms with E-state index in [0.29, 0.717) is 5.57 Å². The van der Waals surface area contributed by atoms with E-state index in [1.165, 1.54) is 24.3 Å². The molecule has 0 aromatic heterocycles. The van der Waals surface area contributed by atoms with Crippen LogP contribution in [0.3, 0.4) is 0 Å². The van der Waals surface area contributed by atoms with Crippen molar-refractivity contribution < 1.29 is 29.7 Å². The Morgan fingerprint density at radius 2 is 1.21 bits per heavy atom. The minimum Gasteiger partial charge on any atom is -0.478 e. The fourth-order valence-electron chi connectivity index (χ4n) is 0.879. The molecule has 0 aliphatic carbocycles. The van der Waals surface area contributed by atoms with Crippen LogP contribution in [0, 0.1) is 0 Å². The molecule has 0 amide bonds. The van der Waals surface area contributed by atoms with Crippen LogP contribution in [0.5, 0.6) is 0 Å². The van der Waals surface area contributed by atoms with Gasteiger partial charge in [0.25, 0.3) is 0 Å². The molecule has 0 atom stereocenters. The predicted molar refractivity (Wildman–Crippen MR) is 67.4 cm³/mol. The van der Waals surface area contributed by atoms with E-state index in [0.717, 1.165) is 0 Å². The van der Waals surface area contributed by atoms with Crippen molar-refractivity contribution in [3.05, 3.63) is 47.0 Å². The van der Waals surface area contributed by atoms with E-state index < -0.39 is 17.9 Å². The molecule has 0 spiro atoms. The Kier molecular flexibility index (Phi) is 6.59. The zero-order valence-corrected chi connectivity index (χ0v) is 10.5. The molecule has 0 bridgehead atoms. The largest absolute Gasteiger partial charge is 0.478 e. The highest BCUT2D eigenvalue weighted by atomic mass is 16.4. The van der Waals surface area contributed by atoms with Gasteiger partial charge in [0.15, 0.2) is 0 Å². The molecule has 0 unspecified atom stereocenters. The van der Waals surface area contributed by atoms with E-state index >= 15 is 0 Å². The third-order valence-corrected chi connectivity index (χ3v) is 2.15. The second kappa shape index (κ2) is 7.65. The van der Waals surface area contributed by atoms with Gasteiger partial charge in [0, 0.05) is 5.57 Å². The summed E-state index contributed by atoms with van der Waals surface area (Å²) < 4.78 is 0. The Balaban J connectivity index is 0.000000399. The number of hydrogen-bond acceptors (Lipinski definition) is 3. The minimum absolute atomic E-state index is 0.0833. The predicted octanol–water partition coefficient (Wildman–Crippen LogP) is 2.12. The first kappa shape index (κ1) is 16.4. The summed E-state index contributed by atoms with van der Waals surface area (Å²) in [5.41, 5.74) is 0.556. The fourth-order valence-corrected chi connectivity index (χ4v) is 0.879. The highest BCUT2D eigenvalue weighted by Crippen LogP contribution is 2.03. The lowest BCUT2D eigenvalue weighted by Crippen LogP contribution is -1.99. The quantitative estimate of drug-likeness (QED) is 0.722. The number of allylic oxidation sites excluding steroid dienone is 1. The topological polar surface area (TPSA) is 112 Å². The maximum atomic E-state index is 10.3. The number of aliphatic carboxylic acids is 1. The van der Waals surface area contributed by atoms with Crippen LogP contribution in [0.15, 0.2) is 35.9 Å². The summed E-state index contributed by atoms with van der Waals surface area (Å²) in [7, 11) is 0. The lowest BCUT2D eigenvalue weighted by atomic mass is 10.1. The molecule has 6 nitrogen and oxygen atoms in total. The number of carboxylic acid groups (broad SMARTS) is 3. The van der Waals surface area contributed by atoms with Crippen molar-refractivity contribution >= 4 is 17.9 Å². The van der Waals surface area contributed by atoms with Gasteiger partial charge >= 0.3 is 17.9 Å². The van der Waals surface area contributed by atoms with Crippen molar-refractivity contribution in [2.45, 2.75) is 13.8 Å². The first-order chi connectivity index (χ1) is 8.79. The van der Waals surface area contributed by atoms with E-state index in [1.807, 2.05) is 0 Å². The number of aromatic carboxylic acids is 2. The second-order valence-corrected chi connectivity index (χ2v) is 3.46. The average molecular weight is 266 g/mol. The average Bonchev–Trinajstić information content (AvgIpc) is 2.38. The van der Waals surface area contributed by atoms with Gasteiger partial charge in [-0.25, -0.2) is 14.4 Å². The normalized spacial score (nSPS) is 10.1. The first-order valence-electron chi connectivity index (χ1n) is 5.22. The summed E-state index contributed by atoms with van der Waals surface area (Å²) in [5.74, 6) is -2.97. The lowest BCUT2D eigenvalue weighted by molar-refractivity contribution is -0.132. The molecule has 0 aliphatic rings. The molecule has 19 heavy (non-hydrogen) atoms. The third-order valence-electron chi connectivity index (χ3n) is 2.15. The highest BCUT2D eigenvalue weighted by Gasteiger charge is 2.04. The maximum Gasteiger partial charge on any atom is 0.335 e. The van der Waals surface area contributed by atoms with Crippen LogP contribution in [0.25, 0.3) is 0 Å². The summed E-state index contributed by atoms with van der Waals surface area (Å²) >= 11 is 0. The Morgan fingerprint density at radius 1 is 0.895 bits per heavy atom. The van der Waals surface area contributed by atoms with Crippen molar-refractivity contribution in [2.24, 2.45) is 0 Å². The zero-order valence-electron chi connectivity index (χ0n) is 10.5. The summed E-state index contributed by atoms with van der Waals surface area (Å²) in [6.07, 6.45) is 1.56. The zero-order chi connectivity index (χ0) is 15.0. The van der Waals surface area contributed by atoms with Crippen molar-refractivity contribution in [1.82, 2.24) is 0 Å². The van der Waals surface area contributed by atoms with Gasteiger partial charge in [-0.3, -0.25) is 0 Å². The summed E-state index contributed by atoms with van der Waals surface area (Å²) in [4.78, 5) is 30.5. The van der Waals surface area contributed by atoms with E-state index in [2.05, 4.69) is 0 Å². The SMILES string of the molecule is CC=C(C)C(=O)O.O=C(O)c1ccc(C(=O)O)cc1. The molecular formula is C13H14O6. The molecule has 1 aromatic rings. The first-order valence-corrected chi connectivity index (χ1v) is 5.22. The fraction of sp³-hybridized carbons (Fsp3) is 0.154. The Labute approximate surface area is 109 Å². The second-order valence-electron chi connectivity index (χ2n) is 3.46. The summed E-state index contributed by atoms with van der Waals surface area (Å²) in [6.45, 7) is 3.26.